The minimum Gasteiger partial charge on any atom is -0.463 e. The van der Waals surface area contributed by atoms with Crippen LogP contribution in [0, 0.1) is 5.82 Å². The third kappa shape index (κ3) is 4.27. The summed E-state index contributed by atoms with van der Waals surface area (Å²) in [5.41, 5.74) is 2.05. The first-order chi connectivity index (χ1) is 18.5. The Morgan fingerprint density at radius 1 is 1.08 bits per heavy atom. The molecule has 0 saturated carbocycles. The Morgan fingerprint density at radius 3 is 2.58 bits per heavy atom. The Morgan fingerprint density at radius 2 is 1.87 bits per heavy atom. The second-order valence-electron chi connectivity index (χ2n) is 9.35. The zero-order valence-electron chi connectivity index (χ0n) is 21.2. The molecule has 0 bridgehead atoms. The van der Waals surface area contributed by atoms with Gasteiger partial charge in [0.1, 0.15) is 23.9 Å². The van der Waals surface area contributed by atoms with Gasteiger partial charge in [-0.3, -0.25) is 19.5 Å². The number of nitrogens with two attached hydrogens (primary N) is 1. The Kier molecular flexibility index (Phi) is 6.47. The summed E-state index contributed by atoms with van der Waals surface area (Å²) in [6, 6.07) is 10.2. The van der Waals surface area contributed by atoms with Crippen LogP contribution in [0.5, 0.6) is 0 Å². The molecule has 4 aromatic rings. The molecule has 5 heterocycles. The van der Waals surface area contributed by atoms with Crippen LogP contribution in [0.25, 0.3) is 5.78 Å². The number of furan rings is 1. The highest BCUT2D eigenvalue weighted by molar-refractivity contribution is 6.14. The van der Waals surface area contributed by atoms with E-state index in [1.54, 1.807) is 33.2 Å². The van der Waals surface area contributed by atoms with E-state index in [0.29, 0.717) is 55.0 Å². The fourth-order valence-electron chi connectivity index (χ4n) is 5.10. The Hall–Kier alpha value is -3.94. The van der Waals surface area contributed by atoms with Crippen LogP contribution in [0.2, 0.25) is 0 Å². The van der Waals surface area contributed by atoms with Crippen LogP contribution >= 0.6 is 0 Å². The van der Waals surface area contributed by atoms with Crippen molar-refractivity contribution in [3.05, 3.63) is 70.4 Å². The third-order valence-electron chi connectivity index (χ3n) is 7.10. The van der Waals surface area contributed by atoms with Crippen molar-refractivity contribution in [2.45, 2.75) is 13.1 Å². The van der Waals surface area contributed by atoms with Crippen molar-refractivity contribution >= 4 is 23.0 Å². The number of rotatable bonds is 8. The molecule has 0 aliphatic carbocycles. The number of nitrogens with zero attached hydrogens (tertiary/aromatic N) is 8. The van der Waals surface area contributed by atoms with Gasteiger partial charge in [0.15, 0.2) is 11.6 Å². The molecule has 0 atom stereocenters. The number of hydrogen-bond donors (Lipinski definition) is 1. The second kappa shape index (κ2) is 10.1. The molecule has 1 aromatic carbocycles. The zero-order valence-corrected chi connectivity index (χ0v) is 21.2. The molecule has 1 saturated heterocycles. The highest BCUT2D eigenvalue weighted by Crippen LogP contribution is 2.27. The first kappa shape index (κ1) is 24.4. The van der Waals surface area contributed by atoms with Crippen molar-refractivity contribution in [3.8, 4) is 0 Å². The number of anilines is 2. The van der Waals surface area contributed by atoms with Crippen LogP contribution in [0.15, 0.2) is 56.9 Å². The Bertz CT molecular complexity index is 1500. The van der Waals surface area contributed by atoms with Crippen molar-refractivity contribution in [2.24, 2.45) is 10.8 Å². The standard InChI is InChI=1S/C25H30FN9O3/c1-37-16-14-34-25(36)32(13-10-30-8-11-31(12-9-30)19-6-4-18(26)5-7-19)24-29-23-22(35(24)34)21(28-17-33(23)27)20-3-2-15-38-20/h2-7,15H,8-14,16-17,27H2,1H3. The first-order valence-corrected chi connectivity index (χ1v) is 12.6. The number of methoxy groups -OCH3 is 1. The number of hydrazine groups is 1. The fourth-order valence-corrected chi connectivity index (χ4v) is 5.10. The Balaban J connectivity index is 1.27. The van der Waals surface area contributed by atoms with Crippen LogP contribution < -0.4 is 21.4 Å². The van der Waals surface area contributed by atoms with Crippen molar-refractivity contribution < 1.29 is 13.5 Å². The van der Waals surface area contributed by atoms with Gasteiger partial charge in [0.25, 0.3) is 0 Å². The van der Waals surface area contributed by atoms with Gasteiger partial charge in [-0.05, 0) is 36.4 Å². The highest BCUT2D eigenvalue weighted by Gasteiger charge is 2.32. The van der Waals surface area contributed by atoms with E-state index < -0.39 is 0 Å². The van der Waals surface area contributed by atoms with Crippen molar-refractivity contribution in [1.29, 1.82) is 0 Å². The van der Waals surface area contributed by atoms with E-state index in [-0.39, 0.29) is 18.2 Å². The molecular formula is C25H30FN9O3. The maximum Gasteiger partial charge on any atom is 0.346 e. The lowest BCUT2D eigenvalue weighted by atomic mass is 10.2. The number of aromatic nitrogens is 4. The molecule has 13 heteroatoms. The summed E-state index contributed by atoms with van der Waals surface area (Å²) in [5, 5.41) is 1.47. The molecule has 6 rings (SSSR count). The number of fused-ring (bicyclic) bond motifs is 3. The number of imidazole rings is 1. The van der Waals surface area contributed by atoms with E-state index in [2.05, 4.69) is 14.8 Å². The molecule has 2 aliphatic heterocycles. The summed E-state index contributed by atoms with van der Waals surface area (Å²) in [6.07, 6.45) is 1.59. The molecule has 1 fully saturated rings. The number of halogens is 1. The quantitative estimate of drug-likeness (QED) is 0.340. The third-order valence-corrected chi connectivity index (χ3v) is 7.10. The van der Waals surface area contributed by atoms with Gasteiger partial charge in [-0.15, -0.1) is 0 Å². The highest BCUT2D eigenvalue weighted by atomic mass is 19.1. The lowest BCUT2D eigenvalue weighted by molar-refractivity contribution is 0.180. The molecule has 3 aromatic heterocycles. The SMILES string of the molecule is COCCn1c(=O)n(CCN2CCN(c3ccc(F)cc3)CC2)c2nc3c(n21)C(c1ccco1)=NCN3N. The first-order valence-electron chi connectivity index (χ1n) is 12.6. The summed E-state index contributed by atoms with van der Waals surface area (Å²) < 4.78 is 29.3. The fraction of sp³-hybridized carbons (Fsp3) is 0.400. The van der Waals surface area contributed by atoms with E-state index >= 15 is 0 Å². The molecular weight excluding hydrogens is 493 g/mol. The number of hydrogen-bond acceptors (Lipinski definition) is 9. The molecule has 2 aliphatic rings. The number of benzene rings is 1. The van der Waals surface area contributed by atoms with Crippen LogP contribution in [-0.4, -0.2) is 82.5 Å². The van der Waals surface area contributed by atoms with Crippen LogP contribution in [0.1, 0.15) is 11.5 Å². The van der Waals surface area contributed by atoms with E-state index in [9.17, 15) is 9.18 Å². The monoisotopic (exact) mass is 523 g/mol. The summed E-state index contributed by atoms with van der Waals surface area (Å²) in [4.78, 5) is 27.6. The summed E-state index contributed by atoms with van der Waals surface area (Å²) in [6.45, 7) is 5.40. The molecule has 0 amide bonds. The molecule has 12 nitrogen and oxygen atoms in total. The van der Waals surface area contributed by atoms with E-state index in [0.717, 1.165) is 31.9 Å². The second-order valence-corrected chi connectivity index (χ2v) is 9.35. The maximum atomic E-state index is 13.6. The van der Waals surface area contributed by atoms with Gasteiger partial charge in [-0.1, -0.05) is 0 Å². The number of ether oxygens (including phenoxy) is 1. The lowest BCUT2D eigenvalue weighted by Crippen LogP contribution is -2.47. The number of aliphatic imine (C=N–C) groups is 1. The van der Waals surface area contributed by atoms with Crippen LogP contribution in [0.3, 0.4) is 0 Å². The van der Waals surface area contributed by atoms with Gasteiger partial charge < -0.3 is 14.1 Å². The molecule has 200 valence electrons. The van der Waals surface area contributed by atoms with Gasteiger partial charge in [-0.25, -0.2) is 24.2 Å². The average molecular weight is 524 g/mol. The average Bonchev–Trinajstić information content (AvgIpc) is 3.65. The van der Waals surface area contributed by atoms with E-state index in [1.165, 1.54) is 17.1 Å². The molecule has 0 radical (unpaired) electrons. The zero-order chi connectivity index (χ0) is 26.2. The minimum atomic E-state index is -0.234. The normalized spacial score (nSPS) is 16.3. The van der Waals surface area contributed by atoms with E-state index in [4.69, 9.17) is 20.0 Å². The van der Waals surface area contributed by atoms with E-state index in [1.807, 2.05) is 18.2 Å². The smallest absolute Gasteiger partial charge is 0.346 e. The maximum absolute atomic E-state index is 13.6. The summed E-state index contributed by atoms with van der Waals surface area (Å²) in [5.74, 6) is 7.63. The van der Waals surface area contributed by atoms with Crippen molar-refractivity contribution in [2.75, 3.05) is 63.0 Å². The van der Waals surface area contributed by atoms with Crippen molar-refractivity contribution in [3.63, 3.8) is 0 Å². The van der Waals surface area contributed by atoms with Crippen molar-refractivity contribution in [1.82, 2.24) is 23.6 Å². The molecule has 0 unspecified atom stereocenters. The van der Waals surface area contributed by atoms with Gasteiger partial charge >= 0.3 is 5.69 Å². The summed E-state index contributed by atoms with van der Waals surface area (Å²) >= 11 is 0. The van der Waals surface area contributed by atoms with Crippen LogP contribution in [-0.2, 0) is 17.8 Å². The van der Waals surface area contributed by atoms with Gasteiger partial charge in [0, 0.05) is 52.1 Å². The molecule has 38 heavy (non-hydrogen) atoms. The predicted octanol–water partition coefficient (Wildman–Crippen LogP) is 0.987. The molecule has 2 N–H and O–H groups in total. The summed E-state index contributed by atoms with van der Waals surface area (Å²) in [7, 11) is 1.60. The lowest BCUT2D eigenvalue weighted by Gasteiger charge is -2.36. The van der Waals surface area contributed by atoms with Gasteiger partial charge in [0.2, 0.25) is 5.78 Å². The topological polar surface area (TPSA) is 115 Å². The number of piperazine rings is 1. The van der Waals surface area contributed by atoms with Crippen LogP contribution in [0.4, 0.5) is 15.9 Å². The predicted molar refractivity (Wildman–Crippen MR) is 140 cm³/mol. The molecule has 0 spiro atoms. The largest absolute Gasteiger partial charge is 0.463 e. The van der Waals surface area contributed by atoms with Gasteiger partial charge in [0.05, 0.1) is 19.4 Å². The Labute approximate surface area is 217 Å². The minimum absolute atomic E-state index is 0.176. The van der Waals surface area contributed by atoms with Gasteiger partial charge in [-0.2, -0.15) is 4.98 Å².